The third kappa shape index (κ3) is 6.82. The van der Waals surface area contributed by atoms with Crippen LogP contribution in [0, 0.1) is 0 Å². The van der Waals surface area contributed by atoms with Crippen molar-refractivity contribution in [3.63, 3.8) is 0 Å². The van der Waals surface area contributed by atoms with Gasteiger partial charge in [-0.2, -0.15) is 0 Å². The van der Waals surface area contributed by atoms with Crippen molar-refractivity contribution in [2.24, 2.45) is 0 Å². The first-order valence-corrected chi connectivity index (χ1v) is 28.3. The molecule has 338 valence electrons. The van der Waals surface area contributed by atoms with Crippen LogP contribution in [0.1, 0.15) is 70.2 Å². The van der Waals surface area contributed by atoms with E-state index in [1.165, 1.54) is 44.5 Å². The summed E-state index contributed by atoms with van der Waals surface area (Å²) in [4.78, 5) is 0. The Morgan fingerprint density at radius 1 is 0.338 bits per heavy atom. The minimum atomic E-state index is -3.71. The summed E-state index contributed by atoms with van der Waals surface area (Å²) in [6.07, 6.45) is 0. The predicted octanol–water partition coefficient (Wildman–Crippen LogP) is 15.3. The summed E-state index contributed by atoms with van der Waals surface area (Å²) in [5.74, 6) is -0.664. The molecule has 14 rings (SSSR count). The molecule has 68 heavy (non-hydrogen) atoms. The van der Waals surface area contributed by atoms with Crippen molar-refractivity contribution in [2.75, 3.05) is 10.7 Å². The molecule has 0 spiro atoms. The second kappa shape index (κ2) is 18.6. The fraction of sp³-hybridized carbons (Fsp3) is 0.133. The van der Waals surface area contributed by atoms with Gasteiger partial charge in [0.2, 0.25) is 0 Å². The van der Waals surface area contributed by atoms with Crippen molar-refractivity contribution in [1.29, 1.82) is 0 Å². The van der Waals surface area contributed by atoms with Crippen LogP contribution >= 0.6 is 60.7 Å². The Kier molecular flexibility index (Phi) is 12.8. The van der Waals surface area contributed by atoms with E-state index in [-0.39, 0.29) is 22.5 Å². The van der Waals surface area contributed by atoms with Gasteiger partial charge < -0.3 is 9.13 Å². The standard InChI is InChI=1S/C58H44O2P2.2CH2Cl2/c1-57-47-35-19-15-31-43(47)51(44-32-16-20-36-48(44)57)55(61(59,39-23-7-3-8-24-39)40-25-9-4-10-26-40)53(57)54-56(62(60,41-27-11-5-12-28-41)42-29-13-6-14-30-42)52-45-33-17-21-37-49(45)58(54,2)50-38-22-18-34-46(50)52;2*2-1-3/h3-38,51-52H,1-2H3;2*1H2. The van der Waals surface area contributed by atoms with Gasteiger partial charge in [-0.1, -0.05) is 218 Å². The summed E-state index contributed by atoms with van der Waals surface area (Å²) >= 11 is 19.1. The van der Waals surface area contributed by atoms with E-state index in [2.05, 4.69) is 159 Å². The third-order valence-electron chi connectivity index (χ3n) is 14.7. The molecule has 6 aliphatic rings. The molecule has 0 aromatic heterocycles. The van der Waals surface area contributed by atoms with Gasteiger partial charge in [0.1, 0.15) is 0 Å². The largest absolute Gasteiger partial charge is 0.309 e. The molecule has 4 bridgehead atoms. The second-order valence-electron chi connectivity index (χ2n) is 17.7. The quantitative estimate of drug-likeness (QED) is 0.118. The topological polar surface area (TPSA) is 34.1 Å². The minimum absolute atomic E-state index is 0.194. The molecule has 8 aromatic carbocycles. The number of hydrogen-bond donors (Lipinski definition) is 0. The van der Waals surface area contributed by atoms with E-state index >= 15 is 9.13 Å². The summed E-state index contributed by atoms with van der Waals surface area (Å²) in [6.45, 7) is 4.75. The first-order valence-electron chi connectivity index (χ1n) is 22.7. The van der Waals surface area contributed by atoms with E-state index in [1.54, 1.807) is 0 Å². The summed E-state index contributed by atoms with van der Waals surface area (Å²) in [5.41, 5.74) is 10.1. The lowest BCUT2D eigenvalue weighted by Gasteiger charge is -2.58. The molecule has 0 atom stereocenters. The number of fused-ring (bicyclic) bond motifs is 1. The third-order valence-corrected chi connectivity index (χ3v) is 21.1. The zero-order valence-corrected chi connectivity index (χ0v) is 42.4. The van der Waals surface area contributed by atoms with Crippen molar-refractivity contribution < 1.29 is 9.13 Å². The van der Waals surface area contributed by atoms with E-state index in [4.69, 9.17) is 46.4 Å². The fourth-order valence-electron chi connectivity index (χ4n) is 12.2. The van der Waals surface area contributed by atoms with Crippen molar-refractivity contribution in [1.82, 2.24) is 0 Å². The molecule has 0 unspecified atom stereocenters. The lowest BCUT2D eigenvalue weighted by Crippen LogP contribution is -2.49. The molecule has 0 N–H and O–H groups in total. The Morgan fingerprint density at radius 2 is 0.529 bits per heavy atom. The molecule has 0 heterocycles. The zero-order chi connectivity index (χ0) is 47.3. The molecule has 8 aromatic rings. The van der Waals surface area contributed by atoms with Crippen molar-refractivity contribution in [2.45, 2.75) is 36.5 Å². The van der Waals surface area contributed by atoms with Crippen LogP contribution in [0.15, 0.2) is 240 Å². The van der Waals surface area contributed by atoms with E-state index < -0.39 is 25.1 Å². The van der Waals surface area contributed by atoms with Gasteiger partial charge in [0.15, 0.2) is 14.3 Å². The Balaban J connectivity index is 0.000000856. The van der Waals surface area contributed by atoms with Gasteiger partial charge in [0.25, 0.3) is 0 Å². The van der Waals surface area contributed by atoms with Crippen molar-refractivity contribution in [3.8, 4) is 0 Å². The van der Waals surface area contributed by atoms with Crippen LogP contribution in [-0.2, 0) is 20.0 Å². The lowest BCUT2D eigenvalue weighted by atomic mass is 9.48. The van der Waals surface area contributed by atoms with Gasteiger partial charge in [-0.05, 0) is 69.5 Å². The highest BCUT2D eigenvalue weighted by molar-refractivity contribution is 7.83. The van der Waals surface area contributed by atoms with E-state index in [0.717, 1.165) is 43.0 Å². The van der Waals surface area contributed by atoms with E-state index in [0.29, 0.717) is 0 Å². The average molecular weight is 1000 g/mol. The fourth-order valence-corrected chi connectivity index (χ4v) is 18.9. The monoisotopic (exact) mass is 1000 g/mol. The number of allylic oxidation sites excluding steroid dienone is 4. The van der Waals surface area contributed by atoms with Gasteiger partial charge in [-0.3, -0.25) is 0 Å². The molecular formula is C60H48Cl4O2P2. The van der Waals surface area contributed by atoms with Gasteiger partial charge in [-0.15, -0.1) is 46.4 Å². The van der Waals surface area contributed by atoms with E-state index in [1.807, 2.05) is 72.8 Å². The molecule has 0 saturated heterocycles. The summed E-state index contributed by atoms with van der Waals surface area (Å²) < 4.78 is 35.4. The van der Waals surface area contributed by atoms with Crippen molar-refractivity contribution >= 4 is 81.9 Å². The molecule has 0 fully saturated rings. The molecule has 2 nitrogen and oxygen atoms in total. The highest BCUT2D eigenvalue weighted by atomic mass is 35.5. The normalized spacial score (nSPS) is 20.4. The van der Waals surface area contributed by atoms with Gasteiger partial charge in [-0.25, -0.2) is 0 Å². The molecule has 0 aliphatic heterocycles. The Morgan fingerprint density at radius 3 is 0.750 bits per heavy atom. The van der Waals surface area contributed by atoms with Crippen LogP contribution < -0.4 is 21.2 Å². The Labute approximate surface area is 420 Å². The number of benzene rings is 8. The minimum Gasteiger partial charge on any atom is -0.309 e. The highest BCUT2D eigenvalue weighted by Gasteiger charge is 2.63. The Hall–Kier alpha value is -5.14. The lowest BCUT2D eigenvalue weighted by molar-refractivity contribution is 0.523. The number of rotatable bonds is 7. The van der Waals surface area contributed by atoms with E-state index in [9.17, 15) is 0 Å². The van der Waals surface area contributed by atoms with Crippen LogP contribution in [0.25, 0.3) is 0 Å². The highest BCUT2D eigenvalue weighted by Crippen LogP contribution is 2.77. The smallest absolute Gasteiger partial charge is 0.168 e. The molecule has 0 saturated carbocycles. The average Bonchev–Trinajstić information content (AvgIpc) is 3.40. The predicted molar refractivity (Wildman–Crippen MR) is 289 cm³/mol. The van der Waals surface area contributed by atoms with Crippen LogP contribution in [-0.4, -0.2) is 10.7 Å². The number of hydrogen-bond acceptors (Lipinski definition) is 2. The maximum absolute atomic E-state index is 17.7. The molecule has 6 aliphatic carbocycles. The first-order chi connectivity index (χ1) is 33.2. The SMILES string of the molecule is CC12C(C3=C(P(=O)(c4ccccc4)c4ccccc4)C4c5ccccc5C3(C)c3ccccc34)=C(P(=O)(c3ccccc3)c3ccccc3)C(c3ccccc31)c1ccccc12.ClCCl.ClCCl. The number of alkyl halides is 4. The van der Waals surface area contributed by atoms with Crippen LogP contribution in [0.2, 0.25) is 0 Å². The first kappa shape index (κ1) is 46.6. The maximum atomic E-state index is 17.7. The van der Waals surface area contributed by atoms with Crippen molar-refractivity contribution in [3.05, 3.63) is 285 Å². The summed E-state index contributed by atoms with van der Waals surface area (Å²) in [5, 5.41) is 5.44. The molecular weight excluding hydrogens is 956 g/mol. The Bertz CT molecular complexity index is 2930. The number of halogens is 4. The zero-order valence-electron chi connectivity index (χ0n) is 37.6. The van der Waals surface area contributed by atoms with Crippen LogP contribution in [0.5, 0.6) is 0 Å². The summed E-state index contributed by atoms with van der Waals surface area (Å²) in [7, 11) is -7.41. The summed E-state index contributed by atoms with van der Waals surface area (Å²) in [6, 6.07) is 76.2. The van der Waals surface area contributed by atoms with Crippen LogP contribution in [0.3, 0.4) is 0 Å². The maximum Gasteiger partial charge on any atom is 0.168 e. The molecule has 8 heteroatoms. The van der Waals surface area contributed by atoms with Gasteiger partial charge in [0.05, 0.1) is 10.7 Å². The molecule has 0 amide bonds. The second-order valence-corrected chi connectivity index (χ2v) is 24.8. The van der Waals surface area contributed by atoms with Gasteiger partial charge in [0, 0.05) is 54.5 Å². The van der Waals surface area contributed by atoms with Gasteiger partial charge >= 0.3 is 0 Å². The van der Waals surface area contributed by atoms with Crippen LogP contribution in [0.4, 0.5) is 0 Å². The molecule has 0 radical (unpaired) electrons.